The van der Waals surface area contributed by atoms with Crippen LogP contribution in [0.4, 0.5) is 13.2 Å². The lowest BCUT2D eigenvalue weighted by atomic mass is 9.96. The van der Waals surface area contributed by atoms with E-state index in [1.165, 1.54) is 29.2 Å². The summed E-state index contributed by atoms with van der Waals surface area (Å²) < 4.78 is 67.8. The minimum absolute atomic E-state index is 0.0173. The fraction of sp³-hybridized carbons (Fsp3) is 0.346. The molecule has 0 N–H and O–H groups in total. The smallest absolute Gasteiger partial charge is 0.340 e. The number of benzene rings is 2. The van der Waals surface area contributed by atoms with Crippen LogP contribution in [0.5, 0.6) is 0 Å². The van der Waals surface area contributed by atoms with Crippen LogP contribution in [0.25, 0.3) is 11.1 Å². The molecule has 0 unspecified atom stereocenters. The number of alkyl halides is 3. The lowest BCUT2D eigenvalue weighted by Crippen LogP contribution is -2.36. The van der Waals surface area contributed by atoms with Crippen molar-refractivity contribution >= 4 is 27.3 Å². The number of carbonyl (C=O) groups excluding carboxylic acids is 1. The first-order valence-electron chi connectivity index (χ1n) is 11.1. The van der Waals surface area contributed by atoms with Gasteiger partial charge in [0.25, 0.3) is 5.91 Å². The first-order valence-corrected chi connectivity index (χ1v) is 13.4. The Hall–Kier alpha value is -2.78. The van der Waals surface area contributed by atoms with Crippen molar-refractivity contribution in [2.45, 2.75) is 38.4 Å². The van der Waals surface area contributed by atoms with Gasteiger partial charge in [0.05, 0.1) is 4.90 Å². The Balaban J connectivity index is 2.28. The molecule has 0 aliphatic rings. The summed E-state index contributed by atoms with van der Waals surface area (Å²) in [6.07, 6.45) is -3.74. The predicted octanol–water partition coefficient (Wildman–Crippen LogP) is 6.40. The van der Waals surface area contributed by atoms with Crippen LogP contribution in [-0.4, -0.2) is 43.6 Å². The number of rotatable bonds is 6. The molecule has 0 saturated heterocycles. The van der Waals surface area contributed by atoms with Crippen molar-refractivity contribution in [3.8, 4) is 11.1 Å². The predicted molar refractivity (Wildman–Crippen MR) is 135 cm³/mol. The van der Waals surface area contributed by atoms with Crippen LogP contribution in [0.3, 0.4) is 0 Å². The van der Waals surface area contributed by atoms with Gasteiger partial charge < -0.3 is 9.47 Å². The lowest BCUT2D eigenvalue weighted by Gasteiger charge is -2.28. The van der Waals surface area contributed by atoms with Crippen molar-refractivity contribution in [3.05, 3.63) is 76.6 Å². The topological polar surface area (TPSA) is 59.4 Å². The molecule has 1 aromatic heterocycles. The fourth-order valence-corrected chi connectivity index (χ4v) is 4.87. The number of sulfone groups is 1. The van der Waals surface area contributed by atoms with Gasteiger partial charge in [0.1, 0.15) is 11.4 Å². The molecular formula is C26H28ClF3N2O3S. The van der Waals surface area contributed by atoms with Crippen molar-refractivity contribution in [2.24, 2.45) is 5.41 Å². The minimum atomic E-state index is -4.77. The highest BCUT2D eigenvalue weighted by atomic mass is 35.5. The van der Waals surface area contributed by atoms with E-state index in [1.54, 1.807) is 31.3 Å². The summed E-state index contributed by atoms with van der Waals surface area (Å²) >= 11 is 5.98. The van der Waals surface area contributed by atoms with Crippen molar-refractivity contribution in [3.63, 3.8) is 0 Å². The molecule has 0 radical (unpaired) electrons. The monoisotopic (exact) mass is 540 g/mol. The fourth-order valence-electron chi connectivity index (χ4n) is 4.05. The second-order valence-electron chi connectivity index (χ2n) is 10.0. The third kappa shape index (κ3) is 6.50. The van der Waals surface area contributed by atoms with Crippen LogP contribution in [0, 0.1) is 5.41 Å². The summed E-state index contributed by atoms with van der Waals surface area (Å²) in [7, 11) is -2.03. The molecule has 1 heterocycles. The second kappa shape index (κ2) is 9.94. The summed E-state index contributed by atoms with van der Waals surface area (Å²) in [6.45, 7) is 5.73. The number of amides is 1. The van der Waals surface area contributed by atoms with Gasteiger partial charge in [-0.1, -0.05) is 56.6 Å². The molecule has 0 saturated carbocycles. The molecule has 0 aliphatic heterocycles. The summed E-state index contributed by atoms with van der Waals surface area (Å²) in [5.41, 5.74) is -0.607. The van der Waals surface area contributed by atoms with Gasteiger partial charge in [0, 0.05) is 37.0 Å². The maximum atomic E-state index is 14.3. The van der Waals surface area contributed by atoms with Crippen LogP contribution in [0.15, 0.2) is 59.5 Å². The molecule has 36 heavy (non-hydrogen) atoms. The van der Waals surface area contributed by atoms with Gasteiger partial charge in [-0.2, -0.15) is 13.2 Å². The standard InChI is InChI=1S/C26H28ClF3N2O3S/c1-25(2,3)16-31(4)24(33)23-21(18-9-11-19(27)12-10-18)14-22(26(28,29)30)32(23)15-17-7-6-8-20(13-17)36(5,34)35/h6-14H,15-16H2,1-5H3. The maximum Gasteiger partial charge on any atom is 0.431 e. The molecular weight excluding hydrogens is 513 g/mol. The molecule has 0 spiro atoms. The van der Waals surface area contributed by atoms with Crippen molar-refractivity contribution < 1.29 is 26.4 Å². The average Bonchev–Trinajstić information content (AvgIpc) is 3.11. The number of hydrogen-bond acceptors (Lipinski definition) is 3. The van der Waals surface area contributed by atoms with E-state index in [-0.39, 0.29) is 28.1 Å². The molecule has 2 aromatic carbocycles. The van der Waals surface area contributed by atoms with E-state index in [4.69, 9.17) is 11.6 Å². The van der Waals surface area contributed by atoms with Crippen LogP contribution < -0.4 is 0 Å². The van der Waals surface area contributed by atoms with E-state index in [9.17, 15) is 26.4 Å². The average molecular weight is 541 g/mol. The number of nitrogens with zero attached hydrogens (tertiary/aromatic N) is 2. The van der Waals surface area contributed by atoms with Crippen molar-refractivity contribution in [1.29, 1.82) is 0 Å². The number of hydrogen-bond donors (Lipinski definition) is 0. The van der Waals surface area contributed by atoms with E-state index < -0.39 is 27.6 Å². The zero-order valence-corrected chi connectivity index (χ0v) is 22.2. The Kier molecular flexibility index (Phi) is 7.67. The van der Waals surface area contributed by atoms with Crippen molar-refractivity contribution in [2.75, 3.05) is 19.8 Å². The largest absolute Gasteiger partial charge is 0.431 e. The SMILES string of the molecule is CN(CC(C)(C)C)C(=O)c1c(-c2ccc(Cl)cc2)cc(C(F)(F)F)n1Cc1cccc(S(C)(=O)=O)c1. The Morgan fingerprint density at radius 2 is 1.64 bits per heavy atom. The number of halogens is 4. The van der Waals surface area contributed by atoms with Crippen molar-refractivity contribution in [1.82, 2.24) is 9.47 Å². The van der Waals surface area contributed by atoms with E-state index in [0.717, 1.165) is 16.9 Å². The quantitative estimate of drug-likeness (QED) is 0.363. The van der Waals surface area contributed by atoms with E-state index in [2.05, 4.69) is 0 Å². The summed E-state index contributed by atoms with van der Waals surface area (Å²) in [5, 5.41) is 0.407. The highest BCUT2D eigenvalue weighted by Gasteiger charge is 2.39. The molecule has 194 valence electrons. The molecule has 5 nitrogen and oxygen atoms in total. The molecule has 0 aliphatic carbocycles. The molecule has 0 bridgehead atoms. The first kappa shape index (κ1) is 27.8. The summed E-state index contributed by atoms with van der Waals surface area (Å²) in [6, 6.07) is 12.9. The third-order valence-electron chi connectivity index (χ3n) is 5.47. The minimum Gasteiger partial charge on any atom is -0.340 e. The Morgan fingerprint density at radius 3 is 2.17 bits per heavy atom. The van der Waals surface area contributed by atoms with Gasteiger partial charge in [-0.25, -0.2) is 8.42 Å². The van der Waals surface area contributed by atoms with Gasteiger partial charge in [0.15, 0.2) is 9.84 Å². The van der Waals surface area contributed by atoms with Gasteiger partial charge in [-0.05, 0) is 46.9 Å². The second-order valence-corrected chi connectivity index (χ2v) is 12.5. The van der Waals surface area contributed by atoms with E-state index >= 15 is 0 Å². The number of aromatic nitrogens is 1. The Labute approximate surface area is 214 Å². The Bertz CT molecular complexity index is 1370. The third-order valence-corrected chi connectivity index (χ3v) is 6.83. The lowest BCUT2D eigenvalue weighted by molar-refractivity contribution is -0.143. The van der Waals surface area contributed by atoms with E-state index in [1.807, 2.05) is 20.8 Å². The zero-order chi connectivity index (χ0) is 27.1. The van der Waals surface area contributed by atoms with Crippen LogP contribution >= 0.6 is 11.6 Å². The number of carbonyl (C=O) groups is 1. The first-order chi connectivity index (χ1) is 16.5. The highest BCUT2D eigenvalue weighted by Crippen LogP contribution is 2.38. The van der Waals surface area contributed by atoms with Gasteiger partial charge in [-0.15, -0.1) is 0 Å². The molecule has 0 fully saturated rings. The normalized spacial score (nSPS) is 12.6. The molecule has 1 amide bonds. The zero-order valence-electron chi connectivity index (χ0n) is 20.6. The maximum absolute atomic E-state index is 14.3. The van der Waals surface area contributed by atoms with Crippen LogP contribution in [0.2, 0.25) is 5.02 Å². The summed E-state index contributed by atoms with van der Waals surface area (Å²) in [5.74, 6) is -0.579. The van der Waals surface area contributed by atoms with Crippen LogP contribution in [-0.2, 0) is 22.6 Å². The van der Waals surface area contributed by atoms with Gasteiger partial charge in [0.2, 0.25) is 0 Å². The van der Waals surface area contributed by atoms with Gasteiger partial charge >= 0.3 is 6.18 Å². The van der Waals surface area contributed by atoms with Crippen LogP contribution in [0.1, 0.15) is 42.5 Å². The van der Waals surface area contributed by atoms with Gasteiger partial charge in [-0.3, -0.25) is 4.79 Å². The molecule has 10 heteroatoms. The Morgan fingerprint density at radius 1 is 1.03 bits per heavy atom. The molecule has 3 aromatic rings. The molecule has 0 atom stereocenters. The highest BCUT2D eigenvalue weighted by molar-refractivity contribution is 7.90. The molecule has 3 rings (SSSR count). The summed E-state index contributed by atoms with van der Waals surface area (Å²) in [4.78, 5) is 15.1. The van der Waals surface area contributed by atoms with E-state index in [0.29, 0.717) is 22.7 Å².